The highest BCUT2D eigenvalue weighted by molar-refractivity contribution is 6.01. The molecule has 0 radical (unpaired) electrons. The Hall–Kier alpha value is -3.41. The van der Waals surface area contributed by atoms with Gasteiger partial charge in [0, 0.05) is 11.0 Å². The summed E-state index contributed by atoms with van der Waals surface area (Å²) in [7, 11) is 1.41. The van der Waals surface area contributed by atoms with Gasteiger partial charge in [0.25, 0.3) is 0 Å². The molecule has 1 aliphatic heterocycles. The molecule has 1 aliphatic rings. The molecule has 2 aromatic carbocycles. The van der Waals surface area contributed by atoms with E-state index in [1.54, 1.807) is 12.2 Å². The molecule has 0 fully saturated rings. The van der Waals surface area contributed by atoms with Crippen LogP contribution in [0.2, 0.25) is 0 Å². The Morgan fingerprint density at radius 3 is 2.50 bits per heavy atom. The van der Waals surface area contributed by atoms with Crippen molar-refractivity contribution in [2.45, 2.75) is 38.7 Å². The number of fused-ring (bicyclic) bond motifs is 3. The zero-order valence-corrected chi connectivity index (χ0v) is 17.6. The van der Waals surface area contributed by atoms with Gasteiger partial charge in [-0.05, 0) is 38.1 Å². The van der Waals surface area contributed by atoms with Gasteiger partial charge in [0.15, 0.2) is 11.3 Å². The van der Waals surface area contributed by atoms with E-state index in [4.69, 9.17) is 13.9 Å². The maximum atomic E-state index is 13.4. The van der Waals surface area contributed by atoms with Gasteiger partial charge in [0.05, 0.1) is 18.1 Å². The summed E-state index contributed by atoms with van der Waals surface area (Å²) in [5.41, 5.74) is -0.642. The van der Waals surface area contributed by atoms with Crippen LogP contribution in [-0.4, -0.2) is 22.9 Å². The number of methoxy groups -OCH3 is 1. The van der Waals surface area contributed by atoms with Crippen molar-refractivity contribution in [1.29, 1.82) is 0 Å². The molecular formula is C24H24O6. The maximum absolute atomic E-state index is 13.4. The molecule has 1 aromatic heterocycles. The molecule has 0 unspecified atom stereocenters. The number of aromatic hydroxyl groups is 2. The second-order valence-electron chi connectivity index (χ2n) is 8.56. The predicted molar refractivity (Wildman–Crippen MR) is 117 cm³/mol. The first-order valence-corrected chi connectivity index (χ1v) is 9.60. The minimum Gasteiger partial charge on any atom is -0.506 e. The standard InChI is InChI=1S/C24H24O6/c1-7-23(2,3)16-20-13(10-11-24(4,5)30-20)18(26)15-17(25)12-8-9-14(28-6)19(27)21(12)29-22(15)16/h7-11,26-27H,1H2,2-6H3. The molecule has 6 nitrogen and oxygen atoms in total. The number of hydrogen-bond acceptors (Lipinski definition) is 6. The second-order valence-corrected chi connectivity index (χ2v) is 8.56. The molecule has 2 heterocycles. The van der Waals surface area contributed by atoms with Crippen molar-refractivity contribution in [3.8, 4) is 23.0 Å². The lowest BCUT2D eigenvalue weighted by Gasteiger charge is -2.34. The van der Waals surface area contributed by atoms with Crippen molar-refractivity contribution in [1.82, 2.24) is 0 Å². The molecular weight excluding hydrogens is 384 g/mol. The van der Waals surface area contributed by atoms with E-state index < -0.39 is 16.4 Å². The molecule has 3 aromatic rings. The number of phenolic OH excluding ortho intramolecular Hbond substituents is 2. The Kier molecular flexibility index (Phi) is 4.17. The summed E-state index contributed by atoms with van der Waals surface area (Å²) in [6.45, 7) is 11.5. The van der Waals surface area contributed by atoms with E-state index in [1.165, 1.54) is 19.2 Å². The van der Waals surface area contributed by atoms with Crippen LogP contribution in [0.4, 0.5) is 0 Å². The second kappa shape index (κ2) is 6.29. The van der Waals surface area contributed by atoms with Gasteiger partial charge >= 0.3 is 0 Å². The van der Waals surface area contributed by atoms with E-state index in [1.807, 2.05) is 33.8 Å². The highest BCUT2D eigenvalue weighted by Gasteiger charge is 2.36. The Labute approximate surface area is 173 Å². The van der Waals surface area contributed by atoms with Gasteiger partial charge in [-0.2, -0.15) is 0 Å². The molecule has 0 aliphatic carbocycles. The summed E-state index contributed by atoms with van der Waals surface area (Å²) >= 11 is 0. The Balaban J connectivity index is 2.30. The topological polar surface area (TPSA) is 89.1 Å². The summed E-state index contributed by atoms with van der Waals surface area (Å²) in [5.74, 6) is 0.0929. The van der Waals surface area contributed by atoms with Crippen molar-refractivity contribution in [2.24, 2.45) is 0 Å². The van der Waals surface area contributed by atoms with Gasteiger partial charge in [-0.1, -0.05) is 19.9 Å². The van der Waals surface area contributed by atoms with Crippen LogP contribution in [0.5, 0.6) is 23.0 Å². The van der Waals surface area contributed by atoms with Crippen LogP contribution in [0.3, 0.4) is 0 Å². The molecule has 2 N–H and O–H groups in total. The van der Waals surface area contributed by atoms with Crippen molar-refractivity contribution >= 4 is 28.0 Å². The highest BCUT2D eigenvalue weighted by atomic mass is 16.5. The summed E-state index contributed by atoms with van der Waals surface area (Å²) < 4.78 is 17.5. The van der Waals surface area contributed by atoms with Gasteiger partial charge in [-0.15, -0.1) is 6.58 Å². The first-order chi connectivity index (χ1) is 14.0. The van der Waals surface area contributed by atoms with Crippen LogP contribution in [0.25, 0.3) is 28.0 Å². The first kappa shape index (κ1) is 19.9. The van der Waals surface area contributed by atoms with Crippen molar-refractivity contribution < 1.29 is 24.1 Å². The normalized spacial score (nSPS) is 15.1. The minimum atomic E-state index is -0.671. The van der Waals surface area contributed by atoms with Gasteiger partial charge in [0.2, 0.25) is 11.2 Å². The summed E-state index contributed by atoms with van der Waals surface area (Å²) in [6.07, 6.45) is 5.31. The summed E-state index contributed by atoms with van der Waals surface area (Å²) in [5, 5.41) is 21.8. The smallest absolute Gasteiger partial charge is 0.204 e. The van der Waals surface area contributed by atoms with Gasteiger partial charge < -0.3 is 24.1 Å². The maximum Gasteiger partial charge on any atom is 0.204 e. The van der Waals surface area contributed by atoms with Crippen LogP contribution in [0, 0.1) is 0 Å². The van der Waals surface area contributed by atoms with E-state index in [9.17, 15) is 15.0 Å². The number of hydrogen-bond donors (Lipinski definition) is 2. The zero-order valence-electron chi connectivity index (χ0n) is 17.6. The molecule has 156 valence electrons. The molecule has 0 amide bonds. The first-order valence-electron chi connectivity index (χ1n) is 9.60. The number of ether oxygens (including phenoxy) is 2. The van der Waals surface area contributed by atoms with Crippen LogP contribution in [0.15, 0.2) is 40.1 Å². The van der Waals surface area contributed by atoms with Crippen LogP contribution in [-0.2, 0) is 5.41 Å². The molecule has 0 spiro atoms. The minimum absolute atomic E-state index is 0.0158. The van der Waals surface area contributed by atoms with Crippen molar-refractivity contribution in [2.75, 3.05) is 7.11 Å². The van der Waals surface area contributed by atoms with Crippen LogP contribution >= 0.6 is 0 Å². The lowest BCUT2D eigenvalue weighted by molar-refractivity contribution is 0.155. The van der Waals surface area contributed by atoms with Crippen molar-refractivity contribution in [3.63, 3.8) is 0 Å². The average molecular weight is 408 g/mol. The fourth-order valence-corrected chi connectivity index (χ4v) is 3.79. The third-order valence-corrected chi connectivity index (χ3v) is 5.58. The molecule has 0 saturated heterocycles. The highest BCUT2D eigenvalue weighted by Crippen LogP contribution is 2.50. The molecule has 0 saturated carbocycles. The van der Waals surface area contributed by atoms with E-state index in [0.717, 1.165) is 0 Å². The summed E-state index contributed by atoms with van der Waals surface area (Å²) in [4.78, 5) is 13.4. The van der Waals surface area contributed by atoms with E-state index in [-0.39, 0.29) is 39.2 Å². The van der Waals surface area contributed by atoms with E-state index >= 15 is 0 Å². The van der Waals surface area contributed by atoms with Gasteiger partial charge in [0.1, 0.15) is 28.1 Å². The van der Waals surface area contributed by atoms with E-state index in [0.29, 0.717) is 16.9 Å². The molecule has 6 heteroatoms. The number of phenols is 2. The fraction of sp³-hybridized carbons (Fsp3) is 0.292. The van der Waals surface area contributed by atoms with Gasteiger partial charge in [-0.3, -0.25) is 4.79 Å². The van der Waals surface area contributed by atoms with Crippen LogP contribution < -0.4 is 14.9 Å². The third-order valence-electron chi connectivity index (χ3n) is 5.58. The number of benzene rings is 2. The van der Waals surface area contributed by atoms with Crippen LogP contribution in [0.1, 0.15) is 38.8 Å². The fourth-order valence-electron chi connectivity index (χ4n) is 3.79. The quantitative estimate of drug-likeness (QED) is 0.468. The lowest BCUT2D eigenvalue weighted by Crippen LogP contribution is -2.30. The average Bonchev–Trinajstić information content (AvgIpc) is 2.68. The third kappa shape index (κ3) is 2.67. The van der Waals surface area contributed by atoms with Gasteiger partial charge in [-0.25, -0.2) is 0 Å². The largest absolute Gasteiger partial charge is 0.506 e. The SMILES string of the molecule is C=CC(C)(C)c1c2c(c(O)c3c(=O)c4ccc(OC)c(O)c4oc13)C=CC(C)(C)O2. The summed E-state index contributed by atoms with van der Waals surface area (Å²) in [6, 6.07) is 2.99. The zero-order chi connectivity index (χ0) is 22.0. The number of allylic oxidation sites excluding steroid dienone is 1. The monoisotopic (exact) mass is 408 g/mol. The Morgan fingerprint density at radius 2 is 1.87 bits per heavy atom. The number of rotatable bonds is 3. The molecule has 30 heavy (non-hydrogen) atoms. The molecule has 4 rings (SSSR count). The predicted octanol–water partition coefficient (Wildman–Crippen LogP) is 5.01. The lowest BCUT2D eigenvalue weighted by atomic mass is 9.80. The molecule has 0 atom stereocenters. The van der Waals surface area contributed by atoms with E-state index in [2.05, 4.69) is 6.58 Å². The Bertz CT molecular complexity index is 1310. The molecule has 0 bridgehead atoms. The Morgan fingerprint density at radius 1 is 1.17 bits per heavy atom. The van der Waals surface area contributed by atoms with Crippen molar-refractivity contribution in [3.05, 3.63) is 52.2 Å².